The molecule has 0 radical (unpaired) electrons. The van der Waals surface area contributed by atoms with Gasteiger partial charge in [0.25, 0.3) is 5.91 Å². The summed E-state index contributed by atoms with van der Waals surface area (Å²) in [7, 11) is 0. The third-order valence-electron chi connectivity index (χ3n) is 4.23. The van der Waals surface area contributed by atoms with Crippen LogP contribution in [0.5, 0.6) is 0 Å². The van der Waals surface area contributed by atoms with Crippen LogP contribution < -0.4 is 10.2 Å². The van der Waals surface area contributed by atoms with E-state index in [9.17, 15) is 9.59 Å². The second-order valence-corrected chi connectivity index (χ2v) is 5.83. The van der Waals surface area contributed by atoms with Crippen molar-refractivity contribution in [3.63, 3.8) is 0 Å². The molecule has 0 saturated carbocycles. The van der Waals surface area contributed by atoms with Gasteiger partial charge in [-0.2, -0.15) is 0 Å². The first kappa shape index (κ1) is 15.3. The van der Waals surface area contributed by atoms with Crippen LogP contribution in [0.25, 0.3) is 0 Å². The van der Waals surface area contributed by atoms with Gasteiger partial charge in [0.1, 0.15) is 0 Å². The number of nitrogens with zero attached hydrogens (tertiary/aromatic N) is 1. The van der Waals surface area contributed by atoms with E-state index in [-0.39, 0.29) is 24.4 Å². The molecule has 4 nitrogen and oxygen atoms in total. The summed E-state index contributed by atoms with van der Waals surface area (Å²) >= 11 is 0. The maximum Gasteiger partial charge on any atom is 0.251 e. The normalized spacial score (nSPS) is 16.6. The van der Waals surface area contributed by atoms with Gasteiger partial charge < -0.3 is 10.2 Å². The molecular weight excluding hydrogens is 288 g/mol. The summed E-state index contributed by atoms with van der Waals surface area (Å²) in [6, 6.07) is 17.1. The van der Waals surface area contributed by atoms with Gasteiger partial charge in [-0.05, 0) is 43.5 Å². The van der Waals surface area contributed by atoms with Crippen molar-refractivity contribution in [1.82, 2.24) is 5.32 Å². The number of amides is 2. The summed E-state index contributed by atoms with van der Waals surface area (Å²) in [5.41, 5.74) is 2.71. The van der Waals surface area contributed by atoms with Gasteiger partial charge in [-0.15, -0.1) is 0 Å². The van der Waals surface area contributed by atoms with E-state index in [1.54, 1.807) is 24.3 Å². The lowest BCUT2D eigenvalue weighted by Crippen LogP contribution is -2.47. The number of carbonyl (C=O) groups excluding carboxylic acids is 2. The number of hydrogen-bond acceptors (Lipinski definition) is 2. The third kappa shape index (κ3) is 3.26. The quantitative estimate of drug-likeness (QED) is 0.948. The maximum atomic E-state index is 12.6. The van der Waals surface area contributed by atoms with Crippen LogP contribution in [0, 0.1) is 0 Å². The molecule has 1 unspecified atom stereocenters. The van der Waals surface area contributed by atoms with E-state index in [2.05, 4.69) is 11.4 Å². The highest BCUT2D eigenvalue weighted by molar-refractivity contribution is 6.01. The highest BCUT2D eigenvalue weighted by atomic mass is 16.2. The number of benzene rings is 2. The molecule has 2 amide bonds. The van der Waals surface area contributed by atoms with Crippen molar-refractivity contribution >= 4 is 17.5 Å². The summed E-state index contributed by atoms with van der Waals surface area (Å²) in [5.74, 6) is -0.300. The zero-order valence-corrected chi connectivity index (χ0v) is 13.2. The van der Waals surface area contributed by atoms with Gasteiger partial charge in [0.05, 0.1) is 6.54 Å². The second-order valence-electron chi connectivity index (χ2n) is 5.83. The minimum absolute atomic E-state index is 0.00635. The Bertz CT molecular complexity index is 712. The van der Waals surface area contributed by atoms with E-state index < -0.39 is 0 Å². The van der Waals surface area contributed by atoms with Crippen molar-refractivity contribution < 1.29 is 9.59 Å². The van der Waals surface area contributed by atoms with Crippen LogP contribution in [0.1, 0.15) is 29.3 Å². The van der Waals surface area contributed by atoms with Crippen LogP contribution in [0.4, 0.5) is 5.69 Å². The molecule has 0 fully saturated rings. The minimum Gasteiger partial charge on any atom is -0.343 e. The molecule has 2 aromatic rings. The Morgan fingerprint density at radius 2 is 1.78 bits per heavy atom. The molecule has 0 aromatic heterocycles. The Morgan fingerprint density at radius 1 is 1.09 bits per heavy atom. The number of para-hydroxylation sites is 1. The number of rotatable bonds is 3. The van der Waals surface area contributed by atoms with E-state index in [0.717, 1.165) is 18.5 Å². The molecule has 0 saturated heterocycles. The Kier molecular flexibility index (Phi) is 4.42. The molecule has 3 rings (SSSR count). The van der Waals surface area contributed by atoms with Crippen LogP contribution in [0.15, 0.2) is 54.6 Å². The van der Waals surface area contributed by atoms with Crippen molar-refractivity contribution in [3.8, 4) is 0 Å². The van der Waals surface area contributed by atoms with Gasteiger partial charge in [0.2, 0.25) is 5.91 Å². The van der Waals surface area contributed by atoms with Gasteiger partial charge in [0.15, 0.2) is 0 Å². The number of hydrogen-bond donors (Lipinski definition) is 1. The average Bonchev–Trinajstić information content (AvgIpc) is 2.60. The fourth-order valence-electron chi connectivity index (χ4n) is 3.00. The van der Waals surface area contributed by atoms with E-state index in [1.165, 1.54) is 5.56 Å². The Morgan fingerprint density at radius 3 is 2.57 bits per heavy atom. The number of nitrogens with one attached hydrogen (secondary N) is 1. The van der Waals surface area contributed by atoms with Gasteiger partial charge in [0, 0.05) is 17.3 Å². The highest BCUT2D eigenvalue weighted by Gasteiger charge is 2.27. The lowest BCUT2D eigenvalue weighted by molar-refractivity contribution is -0.118. The molecule has 1 heterocycles. The van der Waals surface area contributed by atoms with Gasteiger partial charge in [-0.1, -0.05) is 36.4 Å². The lowest BCUT2D eigenvalue weighted by Gasteiger charge is -2.35. The molecule has 1 N–H and O–H groups in total. The number of anilines is 1. The molecule has 4 heteroatoms. The lowest BCUT2D eigenvalue weighted by atomic mass is 9.96. The van der Waals surface area contributed by atoms with E-state index >= 15 is 0 Å². The predicted octanol–water partition coefficient (Wildman–Crippen LogP) is 2.78. The summed E-state index contributed by atoms with van der Waals surface area (Å²) in [4.78, 5) is 26.5. The Labute approximate surface area is 136 Å². The van der Waals surface area contributed by atoms with Crippen molar-refractivity contribution in [1.29, 1.82) is 0 Å². The zero-order chi connectivity index (χ0) is 16.2. The first-order valence-corrected chi connectivity index (χ1v) is 7.90. The van der Waals surface area contributed by atoms with Gasteiger partial charge >= 0.3 is 0 Å². The molecule has 0 bridgehead atoms. The van der Waals surface area contributed by atoms with Crippen LogP contribution in [0.3, 0.4) is 0 Å². The van der Waals surface area contributed by atoms with Crippen LogP contribution in [0.2, 0.25) is 0 Å². The molecule has 2 aromatic carbocycles. The first-order valence-electron chi connectivity index (χ1n) is 7.90. The molecule has 118 valence electrons. The molecule has 0 spiro atoms. The van der Waals surface area contributed by atoms with Gasteiger partial charge in [-0.25, -0.2) is 0 Å². The first-order chi connectivity index (χ1) is 11.2. The third-order valence-corrected chi connectivity index (χ3v) is 4.23. The zero-order valence-electron chi connectivity index (χ0n) is 13.2. The molecule has 1 aliphatic rings. The Hall–Kier alpha value is -2.62. The number of fused-ring (bicyclic) bond motifs is 1. The fraction of sp³-hybridized carbons (Fsp3) is 0.263. The molecule has 1 atom stereocenters. The van der Waals surface area contributed by atoms with Crippen LogP contribution in [-0.4, -0.2) is 24.4 Å². The average molecular weight is 308 g/mol. The fourth-order valence-corrected chi connectivity index (χ4v) is 3.00. The summed E-state index contributed by atoms with van der Waals surface area (Å²) < 4.78 is 0. The van der Waals surface area contributed by atoms with Crippen molar-refractivity contribution in [2.75, 3.05) is 11.4 Å². The van der Waals surface area contributed by atoms with Crippen molar-refractivity contribution in [2.45, 2.75) is 25.8 Å². The van der Waals surface area contributed by atoms with Gasteiger partial charge in [-0.3, -0.25) is 9.59 Å². The standard InChI is InChI=1S/C19H20N2O2/c1-14-11-12-15-7-5-6-10-17(15)21(14)18(22)13-20-19(23)16-8-3-2-4-9-16/h2-10,14H,11-13H2,1H3,(H,20,23). The van der Waals surface area contributed by atoms with Crippen molar-refractivity contribution in [2.24, 2.45) is 0 Å². The topological polar surface area (TPSA) is 49.4 Å². The van der Waals surface area contributed by atoms with Crippen LogP contribution in [-0.2, 0) is 11.2 Å². The summed E-state index contributed by atoms with van der Waals surface area (Å²) in [5, 5.41) is 2.72. The SMILES string of the molecule is CC1CCc2ccccc2N1C(=O)CNC(=O)c1ccccc1. The second kappa shape index (κ2) is 6.65. The number of aryl methyl sites for hydroxylation is 1. The molecule has 23 heavy (non-hydrogen) atoms. The monoisotopic (exact) mass is 308 g/mol. The van der Waals surface area contributed by atoms with Crippen LogP contribution >= 0.6 is 0 Å². The summed E-state index contributed by atoms with van der Waals surface area (Å²) in [6.45, 7) is 2.05. The van der Waals surface area contributed by atoms with Crippen molar-refractivity contribution in [3.05, 3.63) is 65.7 Å². The highest BCUT2D eigenvalue weighted by Crippen LogP contribution is 2.30. The summed E-state index contributed by atoms with van der Waals surface area (Å²) in [6.07, 6.45) is 1.92. The Balaban J connectivity index is 1.70. The molecule has 0 aliphatic carbocycles. The van der Waals surface area contributed by atoms with E-state index in [0.29, 0.717) is 5.56 Å². The largest absolute Gasteiger partial charge is 0.343 e. The smallest absolute Gasteiger partial charge is 0.251 e. The minimum atomic E-state index is -0.225. The van der Waals surface area contributed by atoms with E-state index in [1.807, 2.05) is 36.1 Å². The maximum absolute atomic E-state index is 12.6. The molecular formula is C19H20N2O2. The van der Waals surface area contributed by atoms with E-state index in [4.69, 9.17) is 0 Å². The predicted molar refractivity (Wildman–Crippen MR) is 90.5 cm³/mol. The number of carbonyl (C=O) groups is 2. The molecule has 1 aliphatic heterocycles.